The zero-order valence-electron chi connectivity index (χ0n) is 9.94. The van der Waals surface area contributed by atoms with Crippen LogP contribution >= 0.6 is 15.9 Å². The van der Waals surface area contributed by atoms with Gasteiger partial charge in [0, 0.05) is 10.7 Å². The van der Waals surface area contributed by atoms with Crippen molar-refractivity contribution in [2.75, 3.05) is 7.11 Å². The van der Waals surface area contributed by atoms with E-state index >= 15 is 0 Å². The molecule has 1 heterocycles. The number of carbonyl (C=O) groups excluding carboxylic acids is 2. The molecule has 17 heavy (non-hydrogen) atoms. The summed E-state index contributed by atoms with van der Waals surface area (Å²) in [6.45, 7) is 3.61. The van der Waals surface area contributed by atoms with Gasteiger partial charge < -0.3 is 4.74 Å². The normalized spacial score (nSPS) is 12.3. The molecule has 1 aromatic heterocycles. The first-order valence-corrected chi connectivity index (χ1v) is 6.00. The first-order valence-electron chi connectivity index (χ1n) is 5.21. The van der Waals surface area contributed by atoms with Crippen LogP contribution < -0.4 is 0 Å². The van der Waals surface area contributed by atoms with Crippen LogP contribution in [0, 0.1) is 11.8 Å². The Bertz CT molecular complexity index is 414. The van der Waals surface area contributed by atoms with Crippen LogP contribution in [-0.2, 0) is 9.53 Å². The van der Waals surface area contributed by atoms with E-state index in [1.807, 2.05) is 0 Å². The van der Waals surface area contributed by atoms with E-state index in [0.717, 1.165) is 4.47 Å². The van der Waals surface area contributed by atoms with E-state index in [1.54, 1.807) is 26.0 Å². The number of pyridine rings is 1. The zero-order valence-corrected chi connectivity index (χ0v) is 11.5. The lowest BCUT2D eigenvalue weighted by Gasteiger charge is -2.16. The minimum Gasteiger partial charge on any atom is -0.468 e. The van der Waals surface area contributed by atoms with E-state index in [1.165, 1.54) is 13.3 Å². The average Bonchev–Trinajstić information content (AvgIpc) is 2.29. The van der Waals surface area contributed by atoms with Crippen LogP contribution in [0.25, 0.3) is 0 Å². The molecule has 0 bridgehead atoms. The molecule has 0 radical (unpaired) electrons. The predicted octanol–water partition coefficient (Wildman–Crippen LogP) is 2.47. The predicted molar refractivity (Wildman–Crippen MR) is 66.6 cm³/mol. The molecule has 0 saturated carbocycles. The van der Waals surface area contributed by atoms with Gasteiger partial charge in [0.15, 0.2) is 5.78 Å². The van der Waals surface area contributed by atoms with Gasteiger partial charge in [0.2, 0.25) is 0 Å². The Hall–Kier alpha value is -1.23. The minimum atomic E-state index is -0.798. The van der Waals surface area contributed by atoms with Crippen molar-refractivity contribution < 1.29 is 14.3 Å². The topological polar surface area (TPSA) is 56.3 Å². The van der Waals surface area contributed by atoms with Crippen molar-refractivity contribution in [1.82, 2.24) is 4.98 Å². The molecule has 92 valence electrons. The highest BCUT2D eigenvalue weighted by atomic mass is 79.9. The molecule has 0 aromatic carbocycles. The van der Waals surface area contributed by atoms with Crippen molar-refractivity contribution in [1.29, 1.82) is 0 Å². The molecule has 0 saturated heterocycles. The number of hydrogen-bond acceptors (Lipinski definition) is 4. The van der Waals surface area contributed by atoms with E-state index in [9.17, 15) is 9.59 Å². The summed E-state index contributed by atoms with van der Waals surface area (Å²) in [7, 11) is 1.28. The molecule has 0 N–H and O–H groups in total. The van der Waals surface area contributed by atoms with Gasteiger partial charge in [0.05, 0.1) is 7.11 Å². The average molecular weight is 300 g/mol. The number of aromatic nitrogens is 1. The fourth-order valence-electron chi connectivity index (χ4n) is 1.49. The number of rotatable bonds is 4. The van der Waals surface area contributed by atoms with Crippen LogP contribution in [-0.4, -0.2) is 23.8 Å². The molecule has 0 fully saturated rings. The smallest absolute Gasteiger partial charge is 0.316 e. The lowest BCUT2D eigenvalue weighted by Crippen LogP contribution is -2.30. The third-order valence-corrected chi connectivity index (χ3v) is 2.85. The van der Waals surface area contributed by atoms with E-state index in [-0.39, 0.29) is 17.4 Å². The highest BCUT2D eigenvalue weighted by Crippen LogP contribution is 2.19. The van der Waals surface area contributed by atoms with Crippen LogP contribution in [0.15, 0.2) is 22.8 Å². The van der Waals surface area contributed by atoms with Crippen molar-refractivity contribution >= 4 is 27.7 Å². The number of carbonyl (C=O) groups is 2. The number of ether oxygens (including phenoxy) is 1. The molecule has 1 unspecified atom stereocenters. The minimum absolute atomic E-state index is 0.125. The first-order chi connectivity index (χ1) is 7.97. The SMILES string of the molecule is COC(=O)C(C(=O)c1ccc(Br)cn1)C(C)C. The van der Waals surface area contributed by atoms with E-state index < -0.39 is 11.9 Å². The molecule has 1 rings (SSSR count). The highest BCUT2D eigenvalue weighted by molar-refractivity contribution is 9.10. The van der Waals surface area contributed by atoms with Gasteiger partial charge in [-0.2, -0.15) is 0 Å². The summed E-state index contributed by atoms with van der Waals surface area (Å²) >= 11 is 3.24. The van der Waals surface area contributed by atoms with Gasteiger partial charge in [0.1, 0.15) is 11.6 Å². The Kier molecular flexibility index (Phi) is 4.81. The third-order valence-electron chi connectivity index (χ3n) is 2.38. The van der Waals surface area contributed by atoms with Crippen molar-refractivity contribution in [3.05, 3.63) is 28.5 Å². The summed E-state index contributed by atoms with van der Waals surface area (Å²) in [6.07, 6.45) is 1.53. The quantitative estimate of drug-likeness (QED) is 0.487. The summed E-state index contributed by atoms with van der Waals surface area (Å²) < 4.78 is 5.43. The number of ketones is 1. The Morgan fingerprint density at radius 2 is 2.00 bits per heavy atom. The molecule has 0 amide bonds. The Morgan fingerprint density at radius 1 is 1.35 bits per heavy atom. The van der Waals surface area contributed by atoms with Gasteiger partial charge in [-0.15, -0.1) is 0 Å². The van der Waals surface area contributed by atoms with Crippen LogP contribution in [0.1, 0.15) is 24.3 Å². The summed E-state index contributed by atoms with van der Waals surface area (Å²) in [5.41, 5.74) is 0.275. The molecule has 5 heteroatoms. The molecule has 0 aliphatic carbocycles. The Labute approximate surface area is 109 Å². The standard InChI is InChI=1S/C12H14BrNO3/c1-7(2)10(12(16)17-3)11(15)9-5-4-8(13)6-14-9/h4-7,10H,1-3H3. The first kappa shape index (κ1) is 13.8. The van der Waals surface area contributed by atoms with Gasteiger partial charge in [-0.25, -0.2) is 0 Å². The van der Waals surface area contributed by atoms with Crippen molar-refractivity contribution in [2.45, 2.75) is 13.8 Å². The number of halogens is 1. The molecule has 0 aliphatic heterocycles. The maximum absolute atomic E-state index is 12.1. The number of nitrogens with zero attached hydrogens (tertiary/aromatic N) is 1. The second kappa shape index (κ2) is 5.91. The van der Waals surface area contributed by atoms with E-state index in [4.69, 9.17) is 0 Å². The molecule has 1 atom stereocenters. The van der Waals surface area contributed by atoms with E-state index in [2.05, 4.69) is 25.7 Å². The van der Waals surface area contributed by atoms with Crippen molar-refractivity contribution in [3.8, 4) is 0 Å². The van der Waals surface area contributed by atoms with Gasteiger partial charge >= 0.3 is 5.97 Å². The summed E-state index contributed by atoms with van der Waals surface area (Å²) in [5.74, 6) is -1.75. The lowest BCUT2D eigenvalue weighted by molar-refractivity contribution is -0.144. The van der Waals surface area contributed by atoms with Crippen LogP contribution in [0.3, 0.4) is 0 Å². The van der Waals surface area contributed by atoms with Gasteiger partial charge in [-0.3, -0.25) is 14.6 Å². The fourth-order valence-corrected chi connectivity index (χ4v) is 1.72. The molecular weight excluding hydrogens is 286 g/mol. The molecule has 1 aromatic rings. The summed E-state index contributed by atoms with van der Waals surface area (Å²) in [4.78, 5) is 27.7. The van der Waals surface area contributed by atoms with Crippen molar-refractivity contribution in [2.24, 2.45) is 11.8 Å². The largest absolute Gasteiger partial charge is 0.468 e. The number of Topliss-reactive ketones (excluding diaryl/α,β-unsaturated/α-hetero) is 1. The maximum atomic E-state index is 12.1. The van der Waals surface area contributed by atoms with Gasteiger partial charge in [-0.1, -0.05) is 13.8 Å². The second-order valence-electron chi connectivity index (χ2n) is 3.97. The number of esters is 1. The fraction of sp³-hybridized carbons (Fsp3) is 0.417. The lowest BCUT2D eigenvalue weighted by atomic mass is 9.90. The Balaban J connectivity index is 3.00. The maximum Gasteiger partial charge on any atom is 0.316 e. The summed E-state index contributed by atoms with van der Waals surface area (Å²) in [6, 6.07) is 3.31. The number of methoxy groups -OCH3 is 1. The number of hydrogen-bond donors (Lipinski definition) is 0. The van der Waals surface area contributed by atoms with Crippen LogP contribution in [0.5, 0.6) is 0 Å². The highest BCUT2D eigenvalue weighted by Gasteiger charge is 2.32. The van der Waals surface area contributed by atoms with E-state index in [0.29, 0.717) is 0 Å². The monoisotopic (exact) mass is 299 g/mol. The molecular formula is C12H14BrNO3. The van der Waals surface area contributed by atoms with Gasteiger partial charge in [0.25, 0.3) is 0 Å². The van der Waals surface area contributed by atoms with Gasteiger partial charge in [-0.05, 0) is 34.0 Å². The molecule has 4 nitrogen and oxygen atoms in total. The molecule has 0 spiro atoms. The van der Waals surface area contributed by atoms with Crippen molar-refractivity contribution in [3.63, 3.8) is 0 Å². The Morgan fingerprint density at radius 3 is 2.41 bits per heavy atom. The van der Waals surface area contributed by atoms with Crippen LogP contribution in [0.2, 0.25) is 0 Å². The van der Waals surface area contributed by atoms with Crippen LogP contribution in [0.4, 0.5) is 0 Å². The third kappa shape index (κ3) is 3.36. The molecule has 0 aliphatic rings. The summed E-state index contributed by atoms with van der Waals surface area (Å²) in [5, 5.41) is 0. The zero-order chi connectivity index (χ0) is 13.0. The second-order valence-corrected chi connectivity index (χ2v) is 4.89.